The lowest BCUT2D eigenvalue weighted by atomic mass is 10.1. The fourth-order valence-electron chi connectivity index (χ4n) is 3.63. The molecule has 0 radical (unpaired) electrons. The molecule has 2 amide bonds. The lowest BCUT2D eigenvalue weighted by molar-refractivity contribution is -0.137. The fourth-order valence-corrected chi connectivity index (χ4v) is 3.63. The van der Waals surface area contributed by atoms with Crippen LogP contribution in [0.2, 0.25) is 0 Å². The van der Waals surface area contributed by atoms with Crippen LogP contribution in [-0.2, 0) is 12.7 Å². The summed E-state index contributed by atoms with van der Waals surface area (Å²) >= 11 is 0. The zero-order valence-corrected chi connectivity index (χ0v) is 20.1. The van der Waals surface area contributed by atoms with Crippen LogP contribution in [-0.4, -0.2) is 47.1 Å². The van der Waals surface area contributed by atoms with E-state index in [4.69, 9.17) is 11.5 Å². The van der Waals surface area contributed by atoms with E-state index >= 15 is 0 Å². The predicted octanol–water partition coefficient (Wildman–Crippen LogP) is 3.60. The number of rotatable bonds is 11. The van der Waals surface area contributed by atoms with Crippen LogP contribution in [0, 0.1) is 0 Å². The van der Waals surface area contributed by atoms with Gasteiger partial charge in [-0.15, -0.1) is 0 Å². The van der Waals surface area contributed by atoms with Gasteiger partial charge < -0.3 is 21.8 Å². The number of urea groups is 1. The molecule has 7 N–H and O–H groups in total. The van der Waals surface area contributed by atoms with Crippen molar-refractivity contribution in [2.24, 2.45) is 11.5 Å². The first kappa shape index (κ1) is 27.8. The Bertz CT molecular complexity index is 1200. The number of nitrogens with one attached hydrogen (secondary N) is 3. The first-order valence-corrected chi connectivity index (χ1v) is 11.8. The number of carbonyl (C=O) groups excluding carboxylic acids is 1. The molecule has 9 nitrogen and oxygen atoms in total. The average molecular weight is 518 g/mol. The smallest absolute Gasteiger partial charge is 0.331 e. The molecule has 0 bridgehead atoms. The van der Waals surface area contributed by atoms with E-state index in [1.807, 2.05) is 24.3 Å². The van der Waals surface area contributed by atoms with Gasteiger partial charge in [0.25, 0.3) is 5.56 Å². The lowest BCUT2D eigenvalue weighted by Crippen LogP contribution is -2.28. The van der Waals surface area contributed by atoms with Gasteiger partial charge in [0.1, 0.15) is 0 Å². The van der Waals surface area contributed by atoms with E-state index in [1.54, 1.807) is 0 Å². The highest BCUT2D eigenvalue weighted by atomic mass is 19.4. The van der Waals surface area contributed by atoms with E-state index in [-0.39, 0.29) is 11.6 Å². The van der Waals surface area contributed by atoms with E-state index in [1.165, 1.54) is 6.20 Å². The first-order valence-electron chi connectivity index (χ1n) is 11.8. The minimum Gasteiger partial charge on any atom is -0.331 e. The van der Waals surface area contributed by atoms with Crippen LogP contribution in [0.15, 0.2) is 59.5 Å². The highest BCUT2D eigenvalue weighted by Gasteiger charge is 2.30. The monoisotopic (exact) mass is 517 g/mol. The quantitative estimate of drug-likeness (QED) is 0.263. The molecule has 0 fully saturated rings. The van der Waals surface area contributed by atoms with Gasteiger partial charge in [0.15, 0.2) is 0 Å². The third-order valence-electron chi connectivity index (χ3n) is 5.53. The molecule has 0 saturated heterocycles. The van der Waals surface area contributed by atoms with Crippen molar-refractivity contribution in [3.8, 4) is 11.1 Å². The number of benzene rings is 2. The molecule has 37 heavy (non-hydrogen) atoms. The summed E-state index contributed by atoms with van der Waals surface area (Å²) < 4.78 is 38.0. The second-order valence-corrected chi connectivity index (χ2v) is 8.38. The maximum Gasteiger partial charge on any atom is 0.416 e. The molecule has 0 atom stereocenters. The van der Waals surface area contributed by atoms with Crippen molar-refractivity contribution in [2.75, 3.05) is 36.8 Å². The number of hydrogen-bond acceptors (Lipinski definition) is 6. The number of aromatic nitrogens is 2. The maximum absolute atomic E-state index is 12.7. The van der Waals surface area contributed by atoms with Crippen LogP contribution in [0.1, 0.15) is 24.0 Å². The Hall–Kier alpha value is -3.74. The van der Waals surface area contributed by atoms with Crippen LogP contribution in [0.3, 0.4) is 0 Å². The number of alkyl halides is 3. The zero-order valence-electron chi connectivity index (χ0n) is 20.1. The Balaban J connectivity index is 1.61. The van der Waals surface area contributed by atoms with Gasteiger partial charge in [0.05, 0.1) is 11.1 Å². The van der Waals surface area contributed by atoms with Gasteiger partial charge in [-0.3, -0.25) is 15.0 Å². The third-order valence-corrected chi connectivity index (χ3v) is 5.53. The molecule has 12 heteroatoms. The van der Waals surface area contributed by atoms with Crippen LogP contribution < -0.4 is 27.7 Å². The number of hydrogen-bond donors (Lipinski definition) is 5. The fraction of sp³-hybridized carbons (Fsp3) is 0.320. The molecule has 0 saturated carbocycles. The third kappa shape index (κ3) is 8.41. The second-order valence-electron chi connectivity index (χ2n) is 8.38. The summed E-state index contributed by atoms with van der Waals surface area (Å²) in [4.78, 5) is 33.6. The van der Waals surface area contributed by atoms with Crippen molar-refractivity contribution in [2.45, 2.75) is 25.6 Å². The number of aromatic amines is 1. The molecule has 3 aromatic rings. The Kier molecular flexibility index (Phi) is 9.78. The van der Waals surface area contributed by atoms with E-state index in [0.717, 1.165) is 62.3 Å². The molecule has 1 heterocycles. The molecule has 3 rings (SSSR count). The number of amides is 2. The van der Waals surface area contributed by atoms with Gasteiger partial charge in [0, 0.05) is 18.4 Å². The summed E-state index contributed by atoms with van der Waals surface area (Å²) in [6.45, 7) is 3.74. The van der Waals surface area contributed by atoms with E-state index < -0.39 is 23.3 Å². The number of nitrogens with two attached hydrogens (primary N) is 2. The molecular formula is C25H30F3N7O2. The standard InChI is InChI=1S/C25H30F3N7O2/c26-25(27,28)19-7-9-20(10-8-19)32-24(37)34-23-31-15-21(22(36)33-23)18-5-3-17(4-6-18)16-35(13-1-11-29)14-2-12-30/h3-10,15H,1-2,11-14,16,29-30H2,(H3,31,32,33,34,36,37). The number of carbonyl (C=O) groups is 1. The molecular weight excluding hydrogens is 487 g/mol. The van der Waals surface area contributed by atoms with Gasteiger partial charge in [-0.05, 0) is 74.4 Å². The molecule has 0 aliphatic carbocycles. The summed E-state index contributed by atoms with van der Waals surface area (Å²) in [6, 6.07) is 10.7. The summed E-state index contributed by atoms with van der Waals surface area (Å²) in [6.07, 6.45) is -1.24. The van der Waals surface area contributed by atoms with Crippen LogP contribution >= 0.6 is 0 Å². The van der Waals surface area contributed by atoms with Crippen LogP contribution in [0.25, 0.3) is 11.1 Å². The van der Waals surface area contributed by atoms with Gasteiger partial charge in [0.2, 0.25) is 5.95 Å². The van der Waals surface area contributed by atoms with E-state index in [0.29, 0.717) is 24.2 Å². The molecule has 198 valence electrons. The van der Waals surface area contributed by atoms with Crippen molar-refractivity contribution in [1.29, 1.82) is 0 Å². The van der Waals surface area contributed by atoms with Crippen LogP contribution in [0.4, 0.5) is 29.6 Å². The summed E-state index contributed by atoms with van der Waals surface area (Å²) in [5.74, 6) is -0.106. The molecule has 1 aromatic heterocycles. The van der Waals surface area contributed by atoms with Crippen molar-refractivity contribution in [3.05, 3.63) is 76.2 Å². The number of H-pyrrole nitrogens is 1. The largest absolute Gasteiger partial charge is 0.416 e. The average Bonchev–Trinajstić information content (AvgIpc) is 2.86. The highest BCUT2D eigenvalue weighted by molar-refractivity contribution is 5.98. The summed E-state index contributed by atoms with van der Waals surface area (Å²) in [7, 11) is 0. The Labute approximate surface area is 212 Å². The Morgan fingerprint density at radius 3 is 2.11 bits per heavy atom. The first-order chi connectivity index (χ1) is 17.7. The lowest BCUT2D eigenvalue weighted by Gasteiger charge is -2.22. The van der Waals surface area contributed by atoms with Crippen LogP contribution in [0.5, 0.6) is 0 Å². The van der Waals surface area contributed by atoms with Crippen molar-refractivity contribution < 1.29 is 18.0 Å². The normalized spacial score (nSPS) is 11.5. The Morgan fingerprint density at radius 2 is 1.57 bits per heavy atom. The van der Waals surface area contributed by atoms with E-state index in [2.05, 4.69) is 25.5 Å². The molecule has 0 unspecified atom stereocenters. The van der Waals surface area contributed by atoms with Crippen molar-refractivity contribution in [3.63, 3.8) is 0 Å². The molecule has 2 aromatic carbocycles. The highest BCUT2D eigenvalue weighted by Crippen LogP contribution is 2.29. The molecule has 0 aliphatic rings. The van der Waals surface area contributed by atoms with Gasteiger partial charge in [-0.25, -0.2) is 4.79 Å². The van der Waals surface area contributed by atoms with E-state index in [9.17, 15) is 22.8 Å². The van der Waals surface area contributed by atoms with Gasteiger partial charge >= 0.3 is 12.2 Å². The van der Waals surface area contributed by atoms with Crippen molar-refractivity contribution >= 4 is 17.7 Å². The van der Waals surface area contributed by atoms with Gasteiger partial charge in [-0.2, -0.15) is 18.2 Å². The SMILES string of the molecule is NCCCN(CCCN)Cc1ccc(-c2c[nH]c(NC(=O)Nc3ccc(C(F)(F)F)cc3)nc2=O)cc1. The zero-order chi connectivity index (χ0) is 26.8. The second kappa shape index (κ2) is 13.0. The molecule has 0 spiro atoms. The topological polar surface area (TPSA) is 142 Å². The summed E-state index contributed by atoms with van der Waals surface area (Å²) in [5.41, 5.74) is 12.1. The number of halogens is 3. The maximum atomic E-state index is 12.7. The number of nitrogens with zero attached hydrogens (tertiary/aromatic N) is 2. The summed E-state index contributed by atoms with van der Waals surface area (Å²) in [5, 5.41) is 4.74. The minimum atomic E-state index is -4.47. The minimum absolute atomic E-state index is 0.106. The van der Waals surface area contributed by atoms with Crippen molar-refractivity contribution in [1.82, 2.24) is 14.9 Å². The molecule has 0 aliphatic heterocycles. The Morgan fingerprint density at radius 1 is 0.946 bits per heavy atom. The predicted molar refractivity (Wildman–Crippen MR) is 137 cm³/mol. The van der Waals surface area contributed by atoms with Gasteiger partial charge in [-0.1, -0.05) is 24.3 Å². The number of anilines is 2.